The smallest absolute Gasteiger partial charge is 0.183 e. The Morgan fingerprint density at radius 3 is 2.44 bits per heavy atom. The molecule has 0 spiro atoms. The van der Waals surface area contributed by atoms with Gasteiger partial charge in [-0.2, -0.15) is 5.10 Å². The summed E-state index contributed by atoms with van der Waals surface area (Å²) in [5.41, 5.74) is 3.38. The largest absolute Gasteiger partial charge is 0.338 e. The fourth-order valence-electron chi connectivity index (χ4n) is 3.13. The summed E-state index contributed by atoms with van der Waals surface area (Å²) in [5.74, 6) is 1.35. The molecule has 0 unspecified atom stereocenters. The van der Waals surface area contributed by atoms with Crippen LogP contribution in [0.3, 0.4) is 0 Å². The van der Waals surface area contributed by atoms with Crippen molar-refractivity contribution < 1.29 is 4.79 Å². The van der Waals surface area contributed by atoms with Gasteiger partial charge in [-0.15, -0.1) is 10.2 Å². The molecule has 2 aromatic carbocycles. The summed E-state index contributed by atoms with van der Waals surface area (Å²) >= 11 is 0. The molecule has 0 aliphatic heterocycles. The highest BCUT2D eigenvalue weighted by Gasteiger charge is 2.13. The van der Waals surface area contributed by atoms with Gasteiger partial charge in [0.2, 0.25) is 0 Å². The van der Waals surface area contributed by atoms with Crippen LogP contribution in [-0.4, -0.2) is 25.8 Å². The standard InChI is InChI=1S/C21H19N5O/c1-13-11-14(2)26(25-13)21-19-10-5-4-9-18(19)20(23-24-21)22-17-8-6-7-16(12-17)15(3)27/h4-12H,1-3H3,(H,22,23). The number of anilines is 2. The van der Waals surface area contributed by atoms with Gasteiger partial charge < -0.3 is 5.32 Å². The minimum absolute atomic E-state index is 0.0227. The highest BCUT2D eigenvalue weighted by Crippen LogP contribution is 2.28. The van der Waals surface area contributed by atoms with E-state index in [1.165, 1.54) is 0 Å². The van der Waals surface area contributed by atoms with Crippen LogP contribution >= 0.6 is 0 Å². The topological polar surface area (TPSA) is 72.7 Å². The molecule has 0 fully saturated rings. The van der Waals surface area contributed by atoms with Crippen LogP contribution < -0.4 is 5.32 Å². The molecule has 0 radical (unpaired) electrons. The Kier molecular flexibility index (Phi) is 4.16. The zero-order chi connectivity index (χ0) is 19.0. The van der Waals surface area contributed by atoms with Gasteiger partial charge in [0.1, 0.15) is 0 Å². The molecule has 0 aliphatic carbocycles. The van der Waals surface area contributed by atoms with Crippen molar-refractivity contribution in [2.45, 2.75) is 20.8 Å². The number of carbonyl (C=O) groups excluding carboxylic acids is 1. The molecule has 2 aromatic heterocycles. The van der Waals surface area contributed by atoms with Gasteiger partial charge in [-0.3, -0.25) is 4.79 Å². The Morgan fingerprint density at radius 2 is 1.74 bits per heavy atom. The predicted octanol–water partition coefficient (Wildman–Crippen LogP) is 4.38. The Bertz CT molecular complexity index is 1160. The first-order valence-corrected chi connectivity index (χ1v) is 8.70. The molecule has 27 heavy (non-hydrogen) atoms. The van der Waals surface area contributed by atoms with Crippen molar-refractivity contribution in [3.05, 3.63) is 71.5 Å². The number of rotatable bonds is 4. The third-order valence-corrected chi connectivity index (χ3v) is 4.41. The van der Waals surface area contributed by atoms with Crippen LogP contribution in [0.25, 0.3) is 16.6 Å². The van der Waals surface area contributed by atoms with Gasteiger partial charge in [0.25, 0.3) is 0 Å². The highest BCUT2D eigenvalue weighted by molar-refractivity contribution is 5.98. The van der Waals surface area contributed by atoms with Gasteiger partial charge in [-0.1, -0.05) is 36.4 Å². The summed E-state index contributed by atoms with van der Waals surface area (Å²) in [6.45, 7) is 5.50. The molecule has 0 saturated heterocycles. The third kappa shape index (κ3) is 3.17. The van der Waals surface area contributed by atoms with Gasteiger partial charge in [0, 0.05) is 27.7 Å². The lowest BCUT2D eigenvalue weighted by Crippen LogP contribution is -2.07. The Balaban J connectivity index is 1.82. The van der Waals surface area contributed by atoms with Crippen LogP contribution in [-0.2, 0) is 0 Å². The summed E-state index contributed by atoms with van der Waals surface area (Å²) < 4.78 is 1.81. The average molecular weight is 357 g/mol. The van der Waals surface area contributed by atoms with E-state index in [1.807, 2.05) is 67.1 Å². The number of carbonyl (C=O) groups is 1. The second kappa shape index (κ2) is 6.64. The summed E-state index contributed by atoms with van der Waals surface area (Å²) in [6, 6.07) is 17.3. The minimum atomic E-state index is 0.0227. The molecule has 0 bridgehead atoms. The number of nitrogens with zero attached hydrogens (tertiary/aromatic N) is 4. The minimum Gasteiger partial charge on any atom is -0.338 e. The molecule has 6 nitrogen and oxygen atoms in total. The third-order valence-electron chi connectivity index (χ3n) is 4.41. The molecule has 4 rings (SSSR count). The SMILES string of the molecule is CC(=O)c1cccc(Nc2nnc(-n3nc(C)cc3C)c3ccccc23)c1. The normalized spacial score (nSPS) is 10.9. The van der Waals surface area contributed by atoms with Gasteiger partial charge in [0.05, 0.1) is 5.69 Å². The van der Waals surface area contributed by atoms with Gasteiger partial charge in [-0.05, 0) is 39.0 Å². The summed E-state index contributed by atoms with van der Waals surface area (Å²) in [4.78, 5) is 11.6. The molecular formula is C21H19N5O. The van der Waals surface area contributed by atoms with Crippen molar-refractivity contribution in [1.82, 2.24) is 20.0 Å². The van der Waals surface area contributed by atoms with E-state index in [2.05, 4.69) is 20.6 Å². The fourth-order valence-corrected chi connectivity index (χ4v) is 3.13. The van der Waals surface area contributed by atoms with E-state index in [4.69, 9.17) is 0 Å². The number of fused-ring (bicyclic) bond motifs is 1. The number of Topliss-reactive ketones (excluding diaryl/α,β-unsaturated/α-hetero) is 1. The number of aryl methyl sites for hydroxylation is 2. The molecule has 1 N–H and O–H groups in total. The van der Waals surface area contributed by atoms with Crippen LogP contribution in [0.4, 0.5) is 11.5 Å². The van der Waals surface area contributed by atoms with Crippen LogP contribution in [0.2, 0.25) is 0 Å². The number of nitrogens with one attached hydrogen (secondary N) is 1. The van der Waals surface area contributed by atoms with E-state index in [0.29, 0.717) is 17.2 Å². The summed E-state index contributed by atoms with van der Waals surface area (Å²) in [6.07, 6.45) is 0. The second-order valence-electron chi connectivity index (χ2n) is 6.52. The zero-order valence-corrected chi connectivity index (χ0v) is 15.4. The van der Waals surface area contributed by atoms with Crippen molar-refractivity contribution in [3.63, 3.8) is 0 Å². The van der Waals surface area contributed by atoms with Gasteiger partial charge in [0.15, 0.2) is 17.4 Å². The van der Waals surface area contributed by atoms with Gasteiger partial charge in [-0.25, -0.2) is 4.68 Å². The second-order valence-corrected chi connectivity index (χ2v) is 6.52. The van der Waals surface area contributed by atoms with E-state index >= 15 is 0 Å². The van der Waals surface area contributed by atoms with Crippen molar-refractivity contribution in [2.75, 3.05) is 5.32 Å². The first-order valence-electron chi connectivity index (χ1n) is 8.70. The average Bonchev–Trinajstić information content (AvgIpc) is 3.00. The predicted molar refractivity (Wildman–Crippen MR) is 106 cm³/mol. The molecule has 0 atom stereocenters. The van der Waals surface area contributed by atoms with E-state index < -0.39 is 0 Å². The number of aromatic nitrogens is 4. The van der Waals surface area contributed by atoms with Crippen LogP contribution in [0.5, 0.6) is 0 Å². The van der Waals surface area contributed by atoms with Crippen LogP contribution in [0, 0.1) is 13.8 Å². The molecule has 0 amide bonds. The number of hydrogen-bond donors (Lipinski definition) is 1. The Hall–Kier alpha value is -3.54. The highest BCUT2D eigenvalue weighted by atomic mass is 16.1. The van der Waals surface area contributed by atoms with Gasteiger partial charge >= 0.3 is 0 Å². The van der Waals surface area contributed by atoms with Crippen molar-refractivity contribution in [3.8, 4) is 5.82 Å². The molecule has 2 heterocycles. The number of hydrogen-bond acceptors (Lipinski definition) is 5. The first kappa shape index (κ1) is 16.9. The maximum Gasteiger partial charge on any atom is 0.183 e. The molecule has 134 valence electrons. The summed E-state index contributed by atoms with van der Waals surface area (Å²) in [5, 5.41) is 18.5. The fraction of sp³-hybridized carbons (Fsp3) is 0.143. The van der Waals surface area contributed by atoms with Crippen molar-refractivity contribution in [2.24, 2.45) is 0 Å². The lowest BCUT2D eigenvalue weighted by Gasteiger charge is -2.12. The quantitative estimate of drug-likeness (QED) is 0.549. The molecular weight excluding hydrogens is 338 g/mol. The van der Waals surface area contributed by atoms with Crippen LogP contribution in [0.15, 0.2) is 54.6 Å². The van der Waals surface area contributed by atoms with E-state index in [9.17, 15) is 4.79 Å². The lowest BCUT2D eigenvalue weighted by atomic mass is 10.1. The maximum absolute atomic E-state index is 11.6. The van der Waals surface area contributed by atoms with E-state index in [0.717, 1.165) is 27.8 Å². The Morgan fingerprint density at radius 1 is 0.963 bits per heavy atom. The number of benzene rings is 2. The summed E-state index contributed by atoms with van der Waals surface area (Å²) in [7, 11) is 0. The molecule has 0 aliphatic rings. The van der Waals surface area contributed by atoms with E-state index in [1.54, 1.807) is 13.0 Å². The molecule has 4 aromatic rings. The monoisotopic (exact) mass is 357 g/mol. The first-order chi connectivity index (χ1) is 13.0. The molecule has 0 saturated carbocycles. The lowest BCUT2D eigenvalue weighted by molar-refractivity contribution is 0.101. The van der Waals surface area contributed by atoms with E-state index in [-0.39, 0.29) is 5.78 Å². The van der Waals surface area contributed by atoms with Crippen molar-refractivity contribution >= 4 is 28.1 Å². The maximum atomic E-state index is 11.6. The Labute approximate surface area is 156 Å². The zero-order valence-electron chi connectivity index (χ0n) is 15.4. The molecule has 6 heteroatoms. The van der Waals surface area contributed by atoms with Crippen LogP contribution in [0.1, 0.15) is 28.7 Å². The van der Waals surface area contributed by atoms with Crippen molar-refractivity contribution in [1.29, 1.82) is 0 Å². The number of ketones is 1.